The molecule has 0 aromatic carbocycles. The fraction of sp³-hybridized carbons (Fsp3) is 0.444. The Balaban J connectivity index is 0.00000121. The number of hydrogen-bond acceptors (Lipinski definition) is 1. The van der Waals surface area contributed by atoms with Crippen LogP contribution in [0.4, 0.5) is 0 Å². The second-order valence-electron chi connectivity index (χ2n) is 2.57. The van der Waals surface area contributed by atoms with E-state index >= 15 is 0 Å². The minimum atomic E-state index is 0. The number of allylic oxidation sites excluding steroid dienone is 2. The Labute approximate surface area is 92.4 Å². The summed E-state index contributed by atoms with van der Waals surface area (Å²) in [7, 11) is 0. The van der Waals surface area contributed by atoms with Crippen molar-refractivity contribution >= 4 is 5.91 Å². The van der Waals surface area contributed by atoms with Crippen LogP contribution in [0.25, 0.3) is 0 Å². The van der Waals surface area contributed by atoms with Crippen LogP contribution in [0.5, 0.6) is 0 Å². The maximum Gasteiger partial charge on any atom is 0.220 e. The molecule has 2 nitrogen and oxygen atoms in total. The van der Waals surface area contributed by atoms with Crippen molar-refractivity contribution in [2.45, 2.75) is 19.9 Å². The first kappa shape index (κ1) is 11.8. The molecule has 1 rings (SSSR count). The minimum Gasteiger partial charge on any atom is -0.333 e. The summed E-state index contributed by atoms with van der Waals surface area (Å²) < 4.78 is 0. The molecule has 0 heterocycles. The van der Waals surface area contributed by atoms with Crippen LogP contribution in [-0.2, 0) is 31.0 Å². The van der Waals surface area contributed by atoms with Crippen LogP contribution in [-0.4, -0.2) is 23.4 Å². The summed E-state index contributed by atoms with van der Waals surface area (Å²) in [5.41, 5.74) is 0. The molecule has 0 aromatic rings. The number of hydrogen-bond donors (Lipinski definition) is 0. The van der Waals surface area contributed by atoms with Gasteiger partial charge in [0.15, 0.2) is 0 Å². The largest absolute Gasteiger partial charge is 0.333 e. The molecule has 3 heteroatoms. The molecule has 0 atom stereocenters. The molecule has 0 radical (unpaired) electrons. The fourth-order valence-corrected chi connectivity index (χ4v) is 1.27. The van der Waals surface area contributed by atoms with E-state index in [2.05, 4.69) is 0 Å². The third kappa shape index (κ3) is 2.71. The molecule has 1 aliphatic rings. The first-order valence-corrected chi connectivity index (χ1v) is 3.88. The van der Waals surface area contributed by atoms with Gasteiger partial charge in [0.25, 0.3) is 0 Å². The summed E-state index contributed by atoms with van der Waals surface area (Å²) in [5, 5.41) is 0. The van der Waals surface area contributed by atoms with Gasteiger partial charge in [-0.1, -0.05) is 24.3 Å². The molecule has 0 unspecified atom stereocenters. The van der Waals surface area contributed by atoms with Gasteiger partial charge in [-0.15, -0.1) is 0 Å². The van der Waals surface area contributed by atoms with Crippen LogP contribution in [0.2, 0.25) is 0 Å². The maximum absolute atomic E-state index is 11.0. The van der Waals surface area contributed by atoms with Crippen molar-refractivity contribution in [3.05, 3.63) is 24.3 Å². The standard InChI is InChI=1S/C9H13NO.Zr/c1-3-10(8(2)11)9-6-4-5-7-9;/h4-7,9H,3H2,1-2H3;. The van der Waals surface area contributed by atoms with Crippen LogP contribution in [0, 0.1) is 0 Å². The molecule has 64 valence electrons. The Morgan fingerprint density at radius 3 is 2.25 bits per heavy atom. The first-order valence-electron chi connectivity index (χ1n) is 3.88. The molecule has 0 aromatic heterocycles. The van der Waals surface area contributed by atoms with Crippen LogP contribution in [0.3, 0.4) is 0 Å². The van der Waals surface area contributed by atoms with Crippen molar-refractivity contribution in [1.82, 2.24) is 4.90 Å². The number of rotatable bonds is 2. The molecule has 1 amide bonds. The summed E-state index contributed by atoms with van der Waals surface area (Å²) in [6.45, 7) is 4.36. The summed E-state index contributed by atoms with van der Waals surface area (Å²) in [4.78, 5) is 12.8. The van der Waals surface area contributed by atoms with E-state index in [0.717, 1.165) is 6.54 Å². The Morgan fingerprint density at radius 1 is 1.42 bits per heavy atom. The minimum absolute atomic E-state index is 0. The average molecular weight is 242 g/mol. The monoisotopic (exact) mass is 241 g/mol. The van der Waals surface area contributed by atoms with Gasteiger partial charge in [0.05, 0.1) is 6.04 Å². The third-order valence-corrected chi connectivity index (χ3v) is 1.83. The van der Waals surface area contributed by atoms with Gasteiger partial charge < -0.3 is 4.90 Å². The van der Waals surface area contributed by atoms with Crippen molar-refractivity contribution in [3.63, 3.8) is 0 Å². The van der Waals surface area contributed by atoms with E-state index in [0.29, 0.717) is 0 Å². The van der Waals surface area contributed by atoms with Gasteiger partial charge in [0.2, 0.25) is 5.91 Å². The topological polar surface area (TPSA) is 20.3 Å². The van der Waals surface area contributed by atoms with Crippen LogP contribution in [0.15, 0.2) is 24.3 Å². The van der Waals surface area contributed by atoms with Crippen molar-refractivity contribution in [2.75, 3.05) is 6.54 Å². The number of carbonyl (C=O) groups excluding carboxylic acids is 1. The van der Waals surface area contributed by atoms with E-state index in [9.17, 15) is 4.79 Å². The second kappa shape index (κ2) is 5.47. The zero-order valence-electron chi connectivity index (χ0n) is 7.45. The summed E-state index contributed by atoms with van der Waals surface area (Å²) in [6.07, 6.45) is 7.97. The Morgan fingerprint density at radius 2 is 1.92 bits per heavy atom. The van der Waals surface area contributed by atoms with E-state index in [1.807, 2.05) is 36.1 Å². The molecule has 0 aliphatic heterocycles. The van der Waals surface area contributed by atoms with Gasteiger partial charge in [-0.2, -0.15) is 0 Å². The molecule has 0 bridgehead atoms. The molecule has 0 saturated heterocycles. The SMILES string of the molecule is CCN(C(C)=O)C1C=CC=C1.[Zr]. The van der Waals surface area contributed by atoms with Gasteiger partial charge in [-0.3, -0.25) is 4.79 Å². The van der Waals surface area contributed by atoms with Crippen molar-refractivity contribution < 1.29 is 31.0 Å². The molecule has 0 N–H and O–H groups in total. The van der Waals surface area contributed by atoms with E-state index in [4.69, 9.17) is 0 Å². The summed E-state index contributed by atoms with van der Waals surface area (Å²) in [6, 6.07) is 0.192. The Hall–Kier alpha value is -0.167. The number of likely N-dealkylation sites (N-methyl/N-ethyl adjacent to an activating group) is 1. The van der Waals surface area contributed by atoms with Crippen molar-refractivity contribution in [2.24, 2.45) is 0 Å². The molecule has 12 heavy (non-hydrogen) atoms. The van der Waals surface area contributed by atoms with E-state index in [-0.39, 0.29) is 38.2 Å². The second-order valence-corrected chi connectivity index (χ2v) is 2.57. The normalized spacial score (nSPS) is 14.5. The van der Waals surface area contributed by atoms with Gasteiger partial charge in [0, 0.05) is 39.7 Å². The zero-order chi connectivity index (χ0) is 8.27. The van der Waals surface area contributed by atoms with E-state index < -0.39 is 0 Å². The van der Waals surface area contributed by atoms with Gasteiger partial charge >= 0.3 is 0 Å². The zero-order valence-corrected chi connectivity index (χ0v) is 9.91. The van der Waals surface area contributed by atoms with E-state index in [1.54, 1.807) is 6.92 Å². The maximum atomic E-state index is 11.0. The van der Waals surface area contributed by atoms with Crippen molar-refractivity contribution in [1.29, 1.82) is 0 Å². The smallest absolute Gasteiger partial charge is 0.220 e. The van der Waals surface area contributed by atoms with Gasteiger partial charge in [-0.05, 0) is 6.92 Å². The molecule has 1 aliphatic carbocycles. The number of carbonyl (C=O) groups is 1. The number of nitrogens with zero attached hydrogens (tertiary/aromatic N) is 1. The van der Waals surface area contributed by atoms with Gasteiger partial charge in [-0.25, -0.2) is 0 Å². The van der Waals surface area contributed by atoms with E-state index in [1.165, 1.54) is 0 Å². The molecular formula is C9H13NOZr. The summed E-state index contributed by atoms with van der Waals surface area (Å²) in [5.74, 6) is 0.133. The van der Waals surface area contributed by atoms with Crippen molar-refractivity contribution in [3.8, 4) is 0 Å². The van der Waals surface area contributed by atoms with Crippen LogP contribution in [0.1, 0.15) is 13.8 Å². The molecular weight excluding hydrogens is 229 g/mol. The summed E-state index contributed by atoms with van der Waals surface area (Å²) >= 11 is 0. The fourth-order valence-electron chi connectivity index (χ4n) is 1.27. The number of amides is 1. The third-order valence-electron chi connectivity index (χ3n) is 1.83. The Kier molecular flexibility index (Phi) is 5.40. The first-order chi connectivity index (χ1) is 5.25. The average Bonchev–Trinajstić information content (AvgIpc) is 2.40. The molecule has 0 fully saturated rings. The van der Waals surface area contributed by atoms with Crippen LogP contribution >= 0.6 is 0 Å². The molecule has 0 saturated carbocycles. The Bertz CT molecular complexity index is 199. The molecule has 0 spiro atoms. The predicted molar refractivity (Wildman–Crippen MR) is 45.1 cm³/mol. The van der Waals surface area contributed by atoms with Gasteiger partial charge in [0.1, 0.15) is 0 Å². The van der Waals surface area contributed by atoms with Crippen LogP contribution < -0.4 is 0 Å². The quantitative estimate of drug-likeness (QED) is 0.716. The predicted octanol–water partition coefficient (Wildman–Crippen LogP) is 1.35.